The molecule has 0 unspecified atom stereocenters. The Bertz CT molecular complexity index is 1970. The average molecular weight is 640 g/mol. The van der Waals surface area contributed by atoms with Gasteiger partial charge in [0.25, 0.3) is 5.91 Å². The first-order valence-corrected chi connectivity index (χ1v) is 14.8. The number of amides is 5. The van der Waals surface area contributed by atoms with Crippen molar-refractivity contribution in [2.75, 3.05) is 51.3 Å². The summed E-state index contributed by atoms with van der Waals surface area (Å²) in [6.45, 7) is 0. The van der Waals surface area contributed by atoms with E-state index in [9.17, 15) is 14.4 Å². The highest BCUT2D eigenvalue weighted by molar-refractivity contribution is 6.07. The molecule has 11 nitrogen and oxygen atoms in total. The molecule has 0 fully saturated rings. The number of terminal acetylenes is 1. The molecule has 0 saturated heterocycles. The normalized spacial score (nSPS) is 10.1. The average Bonchev–Trinajstić information content (AvgIpc) is 3.09. The van der Waals surface area contributed by atoms with Crippen molar-refractivity contribution in [3.05, 3.63) is 126 Å². The van der Waals surface area contributed by atoms with Crippen LogP contribution in [0.15, 0.2) is 115 Å². The monoisotopic (exact) mass is 639 g/mol. The maximum Gasteiger partial charge on any atom is 0.323 e. The van der Waals surface area contributed by atoms with Crippen LogP contribution in [-0.4, -0.2) is 32.1 Å². The van der Waals surface area contributed by atoms with E-state index in [-0.39, 0.29) is 5.91 Å². The van der Waals surface area contributed by atoms with E-state index in [1.165, 1.54) is 0 Å². The molecule has 0 aliphatic rings. The van der Waals surface area contributed by atoms with Crippen LogP contribution in [0.1, 0.15) is 15.9 Å². The predicted molar refractivity (Wildman–Crippen MR) is 193 cm³/mol. The zero-order chi connectivity index (χ0) is 33.9. The maximum atomic E-state index is 13.0. The smallest absolute Gasteiger partial charge is 0.323 e. The number of hydrogen-bond donors (Lipinski definition) is 7. The number of nitrogens with one attached hydrogen (secondary N) is 7. The number of carbonyl (C=O) groups is 3. The molecule has 0 radical (unpaired) electrons. The first kappa shape index (κ1) is 32.5. The standard InChI is InChI=1S/C37H33N7O4/c1-4-24-7-5-8-28(19-24)40-35(45)25-20-31(39-3)23-32(21-25)44-37(47)43-30-10-6-9-29(22-30)42-36(46)41-27-13-17-34(18-14-27)48-33-15-11-26(38-2)12-16-33/h1,5-23,38-39H,2-3H3,(H,40,45)(H2,41,42,46)(H2,43,44,47). The molecule has 7 N–H and O–H groups in total. The lowest BCUT2D eigenvalue weighted by molar-refractivity contribution is 0.102. The number of carbonyl (C=O) groups excluding carboxylic acids is 3. The Morgan fingerprint density at radius 3 is 1.58 bits per heavy atom. The van der Waals surface area contributed by atoms with E-state index in [0.717, 1.165) is 5.69 Å². The van der Waals surface area contributed by atoms with E-state index in [1.54, 1.807) is 98.0 Å². The van der Waals surface area contributed by atoms with Gasteiger partial charge in [0.05, 0.1) is 0 Å². The summed E-state index contributed by atoms with van der Waals surface area (Å²) in [4.78, 5) is 38.6. The lowest BCUT2D eigenvalue weighted by Gasteiger charge is -2.13. The molecule has 5 amide bonds. The largest absolute Gasteiger partial charge is 0.457 e. The molecule has 0 saturated carbocycles. The lowest BCUT2D eigenvalue weighted by Crippen LogP contribution is -2.21. The van der Waals surface area contributed by atoms with E-state index < -0.39 is 12.1 Å². The second kappa shape index (κ2) is 15.4. The number of benzene rings is 5. The van der Waals surface area contributed by atoms with Crippen molar-refractivity contribution in [2.45, 2.75) is 0 Å². The van der Waals surface area contributed by atoms with Crippen LogP contribution in [0.5, 0.6) is 11.5 Å². The van der Waals surface area contributed by atoms with Crippen molar-refractivity contribution < 1.29 is 19.1 Å². The summed E-state index contributed by atoms with van der Waals surface area (Å²) in [5, 5.41) is 19.9. The first-order chi connectivity index (χ1) is 23.3. The van der Waals surface area contributed by atoms with Gasteiger partial charge in [0.2, 0.25) is 0 Å². The molecule has 0 heterocycles. The predicted octanol–water partition coefficient (Wildman–Crippen LogP) is 8.08. The summed E-state index contributed by atoms with van der Waals surface area (Å²) in [6.07, 6.45) is 5.46. The van der Waals surface area contributed by atoms with E-state index >= 15 is 0 Å². The highest BCUT2D eigenvalue weighted by Gasteiger charge is 2.12. The van der Waals surface area contributed by atoms with E-state index in [1.807, 2.05) is 31.3 Å². The molecule has 240 valence electrons. The van der Waals surface area contributed by atoms with Gasteiger partial charge in [-0.3, -0.25) is 4.79 Å². The number of urea groups is 2. The Morgan fingerprint density at radius 2 is 1.00 bits per heavy atom. The van der Waals surface area contributed by atoms with Crippen LogP contribution in [0.3, 0.4) is 0 Å². The van der Waals surface area contributed by atoms with Crippen LogP contribution in [0.25, 0.3) is 0 Å². The molecular formula is C37H33N7O4. The molecule has 11 heteroatoms. The molecule has 0 aliphatic carbocycles. The fourth-order valence-corrected chi connectivity index (χ4v) is 4.56. The van der Waals surface area contributed by atoms with Crippen LogP contribution in [-0.2, 0) is 0 Å². The van der Waals surface area contributed by atoms with Gasteiger partial charge < -0.3 is 42.0 Å². The van der Waals surface area contributed by atoms with Crippen molar-refractivity contribution in [2.24, 2.45) is 0 Å². The van der Waals surface area contributed by atoms with E-state index in [4.69, 9.17) is 11.2 Å². The lowest BCUT2D eigenvalue weighted by atomic mass is 10.1. The highest BCUT2D eigenvalue weighted by atomic mass is 16.5. The number of ether oxygens (including phenoxy) is 1. The highest BCUT2D eigenvalue weighted by Crippen LogP contribution is 2.25. The summed E-state index contributed by atoms with van der Waals surface area (Å²) in [5.74, 6) is 3.48. The Balaban J connectivity index is 1.15. The van der Waals surface area contributed by atoms with Gasteiger partial charge in [0.15, 0.2) is 0 Å². The second-order valence-electron chi connectivity index (χ2n) is 10.4. The first-order valence-electron chi connectivity index (χ1n) is 14.8. The van der Waals surface area contributed by atoms with Crippen molar-refractivity contribution in [3.63, 3.8) is 0 Å². The van der Waals surface area contributed by atoms with Gasteiger partial charge in [-0.05, 0) is 103 Å². The van der Waals surface area contributed by atoms with Crippen molar-refractivity contribution in [1.29, 1.82) is 0 Å². The fourth-order valence-electron chi connectivity index (χ4n) is 4.56. The molecule has 5 rings (SSSR count). The number of hydrogen-bond acceptors (Lipinski definition) is 6. The van der Waals surface area contributed by atoms with E-state index in [0.29, 0.717) is 56.8 Å². The molecule has 5 aromatic carbocycles. The SMILES string of the molecule is C#Cc1cccc(NC(=O)c2cc(NC)cc(NC(=O)Nc3cccc(NC(=O)Nc4ccc(Oc5ccc(NC)cc5)cc4)c3)c2)c1. The molecule has 0 spiro atoms. The molecular weight excluding hydrogens is 606 g/mol. The van der Waals surface area contributed by atoms with Crippen molar-refractivity contribution in [1.82, 2.24) is 0 Å². The second-order valence-corrected chi connectivity index (χ2v) is 10.4. The Morgan fingerprint density at radius 1 is 0.521 bits per heavy atom. The zero-order valence-electron chi connectivity index (χ0n) is 26.2. The summed E-state index contributed by atoms with van der Waals surface area (Å²) >= 11 is 0. The number of anilines is 7. The van der Waals surface area contributed by atoms with Crippen LogP contribution in [0, 0.1) is 12.3 Å². The fraction of sp³-hybridized carbons (Fsp3) is 0.0541. The molecule has 0 atom stereocenters. The van der Waals surface area contributed by atoms with Gasteiger partial charge in [-0.2, -0.15) is 0 Å². The van der Waals surface area contributed by atoms with Crippen LogP contribution >= 0.6 is 0 Å². The molecule has 0 aromatic heterocycles. The van der Waals surface area contributed by atoms with Gasteiger partial charge in [-0.15, -0.1) is 6.42 Å². The minimum absolute atomic E-state index is 0.321. The van der Waals surface area contributed by atoms with Crippen LogP contribution in [0.4, 0.5) is 49.4 Å². The van der Waals surface area contributed by atoms with Crippen molar-refractivity contribution >= 4 is 57.8 Å². The Kier molecular flexibility index (Phi) is 10.4. The summed E-state index contributed by atoms with van der Waals surface area (Å²) in [6, 6.07) is 32.1. The minimum atomic E-state index is -0.543. The molecule has 0 aliphatic heterocycles. The van der Waals surface area contributed by atoms with Gasteiger partial charge in [0, 0.05) is 65.0 Å². The molecule has 5 aromatic rings. The third-order valence-corrected chi connectivity index (χ3v) is 6.90. The summed E-state index contributed by atoms with van der Waals surface area (Å²) in [7, 11) is 3.56. The Labute approximate surface area is 278 Å². The molecule has 0 bridgehead atoms. The van der Waals surface area contributed by atoms with Crippen LogP contribution < -0.4 is 42.0 Å². The zero-order valence-corrected chi connectivity index (χ0v) is 26.2. The topological polar surface area (TPSA) is 145 Å². The third kappa shape index (κ3) is 9.06. The van der Waals surface area contributed by atoms with Gasteiger partial charge in [-0.25, -0.2) is 9.59 Å². The minimum Gasteiger partial charge on any atom is -0.457 e. The third-order valence-electron chi connectivity index (χ3n) is 6.90. The Hall–Kier alpha value is -6.93. The van der Waals surface area contributed by atoms with Crippen LogP contribution in [0.2, 0.25) is 0 Å². The van der Waals surface area contributed by atoms with Crippen molar-refractivity contribution in [3.8, 4) is 23.8 Å². The van der Waals surface area contributed by atoms with Gasteiger partial charge in [-0.1, -0.05) is 18.1 Å². The quantitative estimate of drug-likeness (QED) is 0.0770. The van der Waals surface area contributed by atoms with E-state index in [2.05, 4.69) is 43.1 Å². The van der Waals surface area contributed by atoms with Gasteiger partial charge in [0.1, 0.15) is 11.5 Å². The maximum absolute atomic E-state index is 13.0. The summed E-state index contributed by atoms with van der Waals surface area (Å²) < 4.78 is 5.85. The van der Waals surface area contributed by atoms with Gasteiger partial charge >= 0.3 is 12.1 Å². The molecule has 48 heavy (non-hydrogen) atoms. The number of rotatable bonds is 10. The summed E-state index contributed by atoms with van der Waals surface area (Å²) in [5.41, 5.74) is 4.96.